The Morgan fingerprint density at radius 1 is 0.931 bits per heavy atom. The van der Waals surface area contributed by atoms with Crippen LogP contribution in [0.2, 0.25) is 0 Å². The summed E-state index contributed by atoms with van der Waals surface area (Å²) in [6, 6.07) is 12.1. The Morgan fingerprint density at radius 3 is 2.07 bits per heavy atom. The Balaban J connectivity index is 2.16. The first-order chi connectivity index (χ1) is 13.6. The van der Waals surface area contributed by atoms with Gasteiger partial charge in [-0.3, -0.25) is 9.59 Å². The molecular formula is C23H28N2O4. The molecule has 2 aromatic carbocycles. The van der Waals surface area contributed by atoms with E-state index in [2.05, 4.69) is 29.2 Å². The number of anilines is 2. The Kier molecular flexibility index (Phi) is 6.80. The van der Waals surface area contributed by atoms with Crippen LogP contribution in [0.25, 0.3) is 0 Å². The molecule has 0 aliphatic rings. The van der Waals surface area contributed by atoms with E-state index in [9.17, 15) is 14.4 Å². The molecule has 0 aliphatic heterocycles. The lowest BCUT2D eigenvalue weighted by atomic mass is 9.90. The normalized spacial score (nSPS) is 11.1. The van der Waals surface area contributed by atoms with E-state index in [4.69, 9.17) is 0 Å². The van der Waals surface area contributed by atoms with Crippen LogP contribution < -0.4 is 10.6 Å². The molecule has 0 bridgehead atoms. The molecule has 2 aromatic rings. The number of carbonyl (C=O) groups is 3. The van der Waals surface area contributed by atoms with Gasteiger partial charge in [-0.05, 0) is 62.1 Å². The largest absolute Gasteiger partial charge is 0.465 e. The molecule has 0 spiro atoms. The monoisotopic (exact) mass is 396 g/mol. The predicted octanol–water partition coefficient (Wildman–Crippen LogP) is 4.51. The van der Waals surface area contributed by atoms with Gasteiger partial charge in [-0.25, -0.2) is 4.79 Å². The smallest absolute Gasteiger partial charge is 0.337 e. The topological polar surface area (TPSA) is 84.5 Å². The summed E-state index contributed by atoms with van der Waals surface area (Å²) < 4.78 is 4.66. The summed E-state index contributed by atoms with van der Waals surface area (Å²) in [5.41, 5.74) is 2.27. The van der Waals surface area contributed by atoms with Crippen molar-refractivity contribution in [1.82, 2.24) is 0 Å². The van der Waals surface area contributed by atoms with E-state index in [1.165, 1.54) is 7.11 Å². The van der Waals surface area contributed by atoms with E-state index in [1.54, 1.807) is 38.1 Å². The number of nitrogens with one attached hydrogen (secondary N) is 2. The second kappa shape index (κ2) is 8.90. The van der Waals surface area contributed by atoms with Crippen LogP contribution in [0.3, 0.4) is 0 Å². The highest BCUT2D eigenvalue weighted by atomic mass is 16.5. The average Bonchev–Trinajstić information content (AvgIpc) is 2.69. The summed E-state index contributed by atoms with van der Waals surface area (Å²) >= 11 is 0. The molecule has 0 aliphatic carbocycles. The zero-order valence-corrected chi connectivity index (χ0v) is 17.8. The zero-order chi connectivity index (χ0) is 21.8. The average molecular weight is 396 g/mol. The first kappa shape index (κ1) is 22.1. The minimum absolute atomic E-state index is 0.232. The summed E-state index contributed by atoms with van der Waals surface area (Å²) in [6.45, 7) is 9.19. The maximum atomic E-state index is 12.9. The highest BCUT2D eigenvalue weighted by molar-refractivity contribution is 6.14. The van der Waals surface area contributed by atoms with Gasteiger partial charge in [0, 0.05) is 11.4 Å². The van der Waals surface area contributed by atoms with Gasteiger partial charge in [0.25, 0.3) is 0 Å². The quantitative estimate of drug-likeness (QED) is 0.556. The second-order valence-electron chi connectivity index (χ2n) is 7.80. The molecule has 0 heterocycles. The van der Waals surface area contributed by atoms with Gasteiger partial charge < -0.3 is 15.4 Å². The third-order valence-corrected chi connectivity index (χ3v) is 4.86. The summed E-state index contributed by atoms with van der Waals surface area (Å²) in [6.07, 6.45) is 0. The minimum atomic E-state index is -1.31. The van der Waals surface area contributed by atoms with Crippen LogP contribution in [-0.4, -0.2) is 24.9 Å². The van der Waals surface area contributed by atoms with Crippen LogP contribution >= 0.6 is 0 Å². The fraction of sp³-hybridized carbons (Fsp3) is 0.348. The molecule has 2 amide bonds. The number of methoxy groups -OCH3 is 1. The SMILES string of the molecule is COC(=O)c1ccc(NC(=O)C(C)(C)C(=O)Nc2c(C)cccc2C(C)C)cc1. The van der Waals surface area contributed by atoms with Crippen LogP contribution in [-0.2, 0) is 14.3 Å². The van der Waals surface area contributed by atoms with E-state index in [0.29, 0.717) is 11.3 Å². The Labute approximate surface area is 171 Å². The molecule has 0 fully saturated rings. The third kappa shape index (κ3) is 5.02. The molecule has 0 radical (unpaired) electrons. The summed E-state index contributed by atoms with van der Waals surface area (Å²) in [5.74, 6) is -1.06. The molecular weight excluding hydrogens is 368 g/mol. The molecule has 6 nitrogen and oxygen atoms in total. The lowest BCUT2D eigenvalue weighted by Crippen LogP contribution is -2.42. The lowest BCUT2D eigenvalue weighted by molar-refractivity contribution is -0.135. The van der Waals surface area contributed by atoms with Gasteiger partial charge in [-0.2, -0.15) is 0 Å². The Morgan fingerprint density at radius 2 is 1.52 bits per heavy atom. The number of hydrogen-bond donors (Lipinski definition) is 2. The number of para-hydroxylation sites is 1. The predicted molar refractivity (Wildman–Crippen MR) is 114 cm³/mol. The molecule has 29 heavy (non-hydrogen) atoms. The van der Waals surface area contributed by atoms with Crippen molar-refractivity contribution in [2.45, 2.75) is 40.5 Å². The van der Waals surface area contributed by atoms with Gasteiger partial charge in [0.2, 0.25) is 11.8 Å². The van der Waals surface area contributed by atoms with Crippen molar-refractivity contribution in [3.05, 3.63) is 59.2 Å². The number of carbonyl (C=O) groups excluding carboxylic acids is 3. The highest BCUT2D eigenvalue weighted by Crippen LogP contribution is 2.30. The van der Waals surface area contributed by atoms with Crippen molar-refractivity contribution in [2.24, 2.45) is 5.41 Å². The van der Waals surface area contributed by atoms with Crippen LogP contribution in [0.15, 0.2) is 42.5 Å². The zero-order valence-electron chi connectivity index (χ0n) is 17.8. The highest BCUT2D eigenvalue weighted by Gasteiger charge is 2.36. The summed E-state index contributed by atoms with van der Waals surface area (Å²) in [7, 11) is 1.30. The molecule has 0 aromatic heterocycles. The van der Waals surface area contributed by atoms with Gasteiger partial charge in [0.05, 0.1) is 12.7 Å². The summed E-state index contributed by atoms with van der Waals surface area (Å²) in [5, 5.41) is 5.67. The van der Waals surface area contributed by atoms with Crippen molar-refractivity contribution in [1.29, 1.82) is 0 Å². The van der Waals surface area contributed by atoms with E-state index in [-0.39, 0.29) is 5.92 Å². The number of amides is 2. The van der Waals surface area contributed by atoms with E-state index in [0.717, 1.165) is 16.8 Å². The number of esters is 1. The van der Waals surface area contributed by atoms with Crippen LogP contribution in [0.5, 0.6) is 0 Å². The molecule has 0 saturated carbocycles. The standard InChI is InChI=1S/C23H28N2O4/c1-14(2)18-9-7-8-15(3)19(18)25-22(28)23(4,5)21(27)24-17-12-10-16(11-13-17)20(26)29-6/h7-14H,1-6H3,(H,24,27)(H,25,28). The maximum absolute atomic E-state index is 12.9. The molecule has 0 atom stereocenters. The molecule has 0 saturated heterocycles. The Bertz CT molecular complexity index is 915. The number of aryl methyl sites for hydroxylation is 1. The van der Waals surface area contributed by atoms with Gasteiger partial charge in [0.15, 0.2) is 0 Å². The van der Waals surface area contributed by atoms with E-state index in [1.807, 2.05) is 25.1 Å². The first-order valence-electron chi connectivity index (χ1n) is 9.48. The molecule has 0 unspecified atom stereocenters. The number of rotatable bonds is 6. The van der Waals surface area contributed by atoms with Gasteiger partial charge in [-0.1, -0.05) is 32.0 Å². The molecule has 2 N–H and O–H groups in total. The number of benzene rings is 2. The van der Waals surface area contributed by atoms with Gasteiger partial charge >= 0.3 is 5.97 Å². The lowest BCUT2D eigenvalue weighted by Gasteiger charge is -2.25. The number of hydrogen-bond acceptors (Lipinski definition) is 4. The molecule has 154 valence electrons. The maximum Gasteiger partial charge on any atom is 0.337 e. The second-order valence-corrected chi connectivity index (χ2v) is 7.80. The van der Waals surface area contributed by atoms with Crippen molar-refractivity contribution >= 4 is 29.2 Å². The summed E-state index contributed by atoms with van der Waals surface area (Å²) in [4.78, 5) is 37.2. The van der Waals surface area contributed by atoms with Gasteiger partial charge in [0.1, 0.15) is 5.41 Å². The van der Waals surface area contributed by atoms with Crippen LogP contribution in [0.1, 0.15) is 55.1 Å². The Hall–Kier alpha value is -3.15. The van der Waals surface area contributed by atoms with Crippen molar-refractivity contribution in [3.63, 3.8) is 0 Å². The van der Waals surface area contributed by atoms with Crippen molar-refractivity contribution in [3.8, 4) is 0 Å². The third-order valence-electron chi connectivity index (χ3n) is 4.86. The van der Waals surface area contributed by atoms with Crippen molar-refractivity contribution in [2.75, 3.05) is 17.7 Å². The fourth-order valence-corrected chi connectivity index (χ4v) is 2.81. The van der Waals surface area contributed by atoms with Crippen LogP contribution in [0, 0.1) is 12.3 Å². The van der Waals surface area contributed by atoms with Crippen molar-refractivity contribution < 1.29 is 19.1 Å². The first-order valence-corrected chi connectivity index (χ1v) is 9.48. The minimum Gasteiger partial charge on any atom is -0.465 e. The molecule has 6 heteroatoms. The van der Waals surface area contributed by atoms with Gasteiger partial charge in [-0.15, -0.1) is 0 Å². The van der Waals surface area contributed by atoms with E-state index >= 15 is 0 Å². The van der Waals surface area contributed by atoms with Crippen LogP contribution in [0.4, 0.5) is 11.4 Å². The van der Waals surface area contributed by atoms with E-state index < -0.39 is 23.2 Å². The molecule has 2 rings (SSSR count). The fourth-order valence-electron chi connectivity index (χ4n) is 2.81. The number of ether oxygens (including phenoxy) is 1.